The predicted molar refractivity (Wildman–Crippen MR) is 49.5 cm³/mol. The summed E-state index contributed by atoms with van der Waals surface area (Å²) >= 11 is 0. The van der Waals surface area contributed by atoms with Crippen molar-refractivity contribution in [2.75, 3.05) is 6.61 Å². The lowest BCUT2D eigenvalue weighted by Crippen LogP contribution is -1.83. The molecule has 1 heteroatoms. The summed E-state index contributed by atoms with van der Waals surface area (Å²) in [5.74, 6) is 0. The second-order valence-electron chi connectivity index (χ2n) is 2.62. The topological polar surface area (TPSA) is 20.2 Å². The lowest BCUT2D eigenvalue weighted by molar-refractivity contribution is 0.341. The minimum Gasteiger partial charge on any atom is -0.392 e. The number of unbranched alkanes of at least 4 members (excludes halogenated alkanes) is 2. The Hall–Kier alpha value is -0.560. The summed E-state index contributed by atoms with van der Waals surface area (Å²) in [6.07, 6.45) is 8.40. The Morgan fingerprint density at radius 1 is 1.45 bits per heavy atom. The first-order valence-electron chi connectivity index (χ1n) is 4.27. The molecular formula is C10H18O. The van der Waals surface area contributed by atoms with Gasteiger partial charge in [-0.2, -0.15) is 0 Å². The van der Waals surface area contributed by atoms with Crippen molar-refractivity contribution in [2.45, 2.75) is 32.6 Å². The van der Waals surface area contributed by atoms with Crippen LogP contribution >= 0.6 is 0 Å². The molecule has 0 saturated heterocycles. The highest BCUT2D eigenvalue weighted by atomic mass is 16.2. The van der Waals surface area contributed by atoms with Gasteiger partial charge in [0.2, 0.25) is 0 Å². The van der Waals surface area contributed by atoms with Crippen molar-refractivity contribution in [3.05, 3.63) is 24.3 Å². The molecule has 0 atom stereocenters. The van der Waals surface area contributed by atoms with Crippen molar-refractivity contribution in [3.63, 3.8) is 0 Å². The van der Waals surface area contributed by atoms with Gasteiger partial charge in [0.1, 0.15) is 0 Å². The SMILES string of the molecule is C=C/C(=C/CO)CCCCC. The number of hydrogen-bond acceptors (Lipinski definition) is 1. The van der Waals surface area contributed by atoms with Crippen molar-refractivity contribution < 1.29 is 5.11 Å². The zero-order valence-electron chi connectivity index (χ0n) is 7.34. The molecule has 0 rings (SSSR count). The maximum absolute atomic E-state index is 8.60. The van der Waals surface area contributed by atoms with Gasteiger partial charge in [0.15, 0.2) is 0 Å². The van der Waals surface area contributed by atoms with Crippen molar-refractivity contribution in [2.24, 2.45) is 0 Å². The first-order chi connectivity index (χ1) is 5.35. The van der Waals surface area contributed by atoms with E-state index in [1.807, 2.05) is 12.2 Å². The lowest BCUT2D eigenvalue weighted by Gasteiger charge is -1.99. The molecule has 0 aliphatic rings. The second kappa shape index (κ2) is 7.55. The number of rotatable bonds is 6. The Bertz CT molecular complexity index is 125. The third-order valence-corrected chi connectivity index (χ3v) is 1.68. The van der Waals surface area contributed by atoms with Gasteiger partial charge >= 0.3 is 0 Å². The van der Waals surface area contributed by atoms with E-state index in [1.165, 1.54) is 24.8 Å². The lowest BCUT2D eigenvalue weighted by atomic mass is 10.1. The van der Waals surface area contributed by atoms with Crippen LogP contribution in [-0.2, 0) is 0 Å². The van der Waals surface area contributed by atoms with Gasteiger partial charge in [0, 0.05) is 0 Å². The zero-order valence-corrected chi connectivity index (χ0v) is 7.34. The Kier molecular flexibility index (Phi) is 7.16. The van der Waals surface area contributed by atoms with Crippen molar-refractivity contribution in [1.29, 1.82) is 0 Å². The molecule has 0 spiro atoms. The quantitative estimate of drug-likeness (QED) is 0.460. The second-order valence-corrected chi connectivity index (χ2v) is 2.62. The molecule has 0 aromatic rings. The highest BCUT2D eigenvalue weighted by molar-refractivity contribution is 5.15. The Morgan fingerprint density at radius 3 is 2.64 bits per heavy atom. The molecule has 0 unspecified atom stereocenters. The van der Waals surface area contributed by atoms with Crippen LogP contribution in [0, 0.1) is 0 Å². The fourth-order valence-corrected chi connectivity index (χ4v) is 0.984. The minimum atomic E-state index is 0.132. The van der Waals surface area contributed by atoms with Crippen LogP contribution in [0.15, 0.2) is 24.3 Å². The maximum Gasteiger partial charge on any atom is 0.0618 e. The van der Waals surface area contributed by atoms with Crippen LogP contribution in [0.2, 0.25) is 0 Å². The monoisotopic (exact) mass is 154 g/mol. The van der Waals surface area contributed by atoms with Gasteiger partial charge in [-0.05, 0) is 12.8 Å². The first-order valence-corrected chi connectivity index (χ1v) is 4.27. The molecule has 64 valence electrons. The molecule has 1 nitrogen and oxygen atoms in total. The summed E-state index contributed by atoms with van der Waals surface area (Å²) in [5, 5.41) is 8.60. The summed E-state index contributed by atoms with van der Waals surface area (Å²) in [5.41, 5.74) is 1.17. The van der Waals surface area contributed by atoms with Crippen LogP contribution in [0.4, 0.5) is 0 Å². The van der Waals surface area contributed by atoms with Gasteiger partial charge < -0.3 is 5.11 Å². The normalized spacial score (nSPS) is 11.6. The van der Waals surface area contributed by atoms with E-state index >= 15 is 0 Å². The maximum atomic E-state index is 8.60. The van der Waals surface area contributed by atoms with Crippen molar-refractivity contribution in [3.8, 4) is 0 Å². The molecule has 0 amide bonds. The third kappa shape index (κ3) is 5.86. The van der Waals surface area contributed by atoms with Crippen LogP contribution in [0.3, 0.4) is 0 Å². The summed E-state index contributed by atoms with van der Waals surface area (Å²) in [7, 11) is 0. The number of allylic oxidation sites excluding steroid dienone is 2. The third-order valence-electron chi connectivity index (χ3n) is 1.68. The average molecular weight is 154 g/mol. The summed E-state index contributed by atoms with van der Waals surface area (Å²) in [6.45, 7) is 6.00. The number of aliphatic hydroxyl groups excluding tert-OH is 1. The number of aliphatic hydroxyl groups is 1. The van der Waals surface area contributed by atoms with Gasteiger partial charge in [-0.25, -0.2) is 0 Å². The minimum absolute atomic E-state index is 0.132. The van der Waals surface area contributed by atoms with E-state index in [1.54, 1.807) is 0 Å². The van der Waals surface area contributed by atoms with E-state index in [-0.39, 0.29) is 6.61 Å². The number of hydrogen-bond donors (Lipinski definition) is 1. The Labute approximate surface area is 69.4 Å². The van der Waals surface area contributed by atoms with Gasteiger partial charge in [-0.15, -0.1) is 0 Å². The standard InChI is InChI=1S/C10H18O/c1-3-5-6-7-10(4-2)8-9-11/h4,8,11H,2-3,5-7,9H2,1H3/b10-8-. The largest absolute Gasteiger partial charge is 0.392 e. The molecule has 0 aliphatic heterocycles. The molecule has 0 aromatic carbocycles. The highest BCUT2D eigenvalue weighted by Gasteiger charge is 1.90. The molecule has 0 radical (unpaired) electrons. The predicted octanol–water partition coefficient (Wildman–Crippen LogP) is 2.67. The van der Waals surface area contributed by atoms with Gasteiger partial charge in [0.05, 0.1) is 6.61 Å². The van der Waals surface area contributed by atoms with Crippen LogP contribution < -0.4 is 0 Å². The molecule has 0 bridgehead atoms. The van der Waals surface area contributed by atoms with E-state index in [0.29, 0.717) is 0 Å². The first kappa shape index (κ1) is 10.4. The smallest absolute Gasteiger partial charge is 0.0618 e. The molecule has 1 N–H and O–H groups in total. The zero-order chi connectivity index (χ0) is 8.53. The van der Waals surface area contributed by atoms with Crippen LogP contribution in [0.25, 0.3) is 0 Å². The summed E-state index contributed by atoms with van der Waals surface area (Å²) in [6, 6.07) is 0. The molecule has 11 heavy (non-hydrogen) atoms. The van der Waals surface area contributed by atoms with Crippen LogP contribution in [0.1, 0.15) is 32.6 Å². The van der Waals surface area contributed by atoms with E-state index in [9.17, 15) is 0 Å². The van der Waals surface area contributed by atoms with Gasteiger partial charge in [-0.1, -0.05) is 44.1 Å². The van der Waals surface area contributed by atoms with Gasteiger partial charge in [0.25, 0.3) is 0 Å². The van der Waals surface area contributed by atoms with Crippen molar-refractivity contribution in [1.82, 2.24) is 0 Å². The Morgan fingerprint density at radius 2 is 2.18 bits per heavy atom. The highest BCUT2D eigenvalue weighted by Crippen LogP contribution is 2.08. The van der Waals surface area contributed by atoms with Crippen LogP contribution in [0.5, 0.6) is 0 Å². The summed E-state index contributed by atoms with van der Waals surface area (Å²) < 4.78 is 0. The fourth-order valence-electron chi connectivity index (χ4n) is 0.984. The molecule has 0 heterocycles. The molecule has 0 saturated carbocycles. The van der Waals surface area contributed by atoms with Gasteiger partial charge in [-0.3, -0.25) is 0 Å². The van der Waals surface area contributed by atoms with E-state index in [4.69, 9.17) is 5.11 Å². The molecular weight excluding hydrogens is 136 g/mol. The molecule has 0 aromatic heterocycles. The van der Waals surface area contributed by atoms with Crippen molar-refractivity contribution >= 4 is 0 Å². The average Bonchev–Trinajstić information content (AvgIpc) is 2.03. The molecule has 0 aliphatic carbocycles. The van der Waals surface area contributed by atoms with E-state index < -0.39 is 0 Å². The van der Waals surface area contributed by atoms with E-state index in [2.05, 4.69) is 13.5 Å². The van der Waals surface area contributed by atoms with E-state index in [0.717, 1.165) is 6.42 Å². The fraction of sp³-hybridized carbons (Fsp3) is 0.600. The molecule has 0 fully saturated rings. The van der Waals surface area contributed by atoms with Crippen LogP contribution in [-0.4, -0.2) is 11.7 Å². The Balaban J connectivity index is 3.52. The summed E-state index contributed by atoms with van der Waals surface area (Å²) in [4.78, 5) is 0.